The Bertz CT molecular complexity index is 843. The number of halogens is 1. The summed E-state index contributed by atoms with van der Waals surface area (Å²) in [4.78, 5) is 12.4. The van der Waals surface area contributed by atoms with E-state index < -0.39 is 7.60 Å². The zero-order valence-corrected chi connectivity index (χ0v) is 17.8. The van der Waals surface area contributed by atoms with Crippen LogP contribution in [0.1, 0.15) is 33.4 Å². The first-order chi connectivity index (χ1) is 12.9. The third kappa shape index (κ3) is 4.58. The standard InChI is InChI=1S/C15H23ClN5O4PS/c1-4-23-26(22,24-5-2)7-6-10-25-14(9(3)27-10)21-8-18-11-12(16)19-15(17)20-13(11)21/h8-10,14H,4-7H2,1-3H3,(H2,17,19,20)/t9-,10+,14-/m1/s1. The van der Waals surface area contributed by atoms with Crippen LogP contribution < -0.4 is 5.73 Å². The van der Waals surface area contributed by atoms with Gasteiger partial charge in [0, 0.05) is 5.25 Å². The highest BCUT2D eigenvalue weighted by atomic mass is 35.5. The summed E-state index contributed by atoms with van der Waals surface area (Å²) in [5, 5.41) is 0.335. The van der Waals surface area contributed by atoms with Gasteiger partial charge in [0.05, 0.1) is 25.7 Å². The Morgan fingerprint density at radius 2 is 2.07 bits per heavy atom. The van der Waals surface area contributed by atoms with Crippen LogP contribution in [0.3, 0.4) is 0 Å². The number of imidazole rings is 1. The fourth-order valence-corrected chi connectivity index (χ4v) is 6.25. The number of ether oxygens (including phenoxy) is 1. The van der Waals surface area contributed by atoms with Crippen LogP contribution in [0.25, 0.3) is 11.2 Å². The lowest BCUT2D eigenvalue weighted by atomic mass is 10.4. The molecule has 0 aromatic carbocycles. The Labute approximate surface area is 166 Å². The lowest BCUT2D eigenvalue weighted by Crippen LogP contribution is -2.17. The van der Waals surface area contributed by atoms with Gasteiger partial charge in [0.15, 0.2) is 10.8 Å². The van der Waals surface area contributed by atoms with Gasteiger partial charge in [-0.15, -0.1) is 11.8 Å². The average Bonchev–Trinajstić information content (AvgIpc) is 3.17. The lowest BCUT2D eigenvalue weighted by molar-refractivity contribution is 0.00749. The van der Waals surface area contributed by atoms with Gasteiger partial charge in [0.25, 0.3) is 0 Å². The van der Waals surface area contributed by atoms with Crippen LogP contribution in [0.4, 0.5) is 5.95 Å². The minimum atomic E-state index is -3.09. The summed E-state index contributed by atoms with van der Waals surface area (Å²) >= 11 is 7.75. The molecule has 3 atom stereocenters. The molecule has 1 saturated heterocycles. The number of thioether (sulfide) groups is 1. The molecule has 3 heterocycles. The van der Waals surface area contributed by atoms with Crippen LogP contribution in [0.15, 0.2) is 6.33 Å². The second kappa shape index (κ2) is 8.63. The molecule has 0 aliphatic carbocycles. The molecule has 12 heteroatoms. The number of aromatic nitrogens is 4. The van der Waals surface area contributed by atoms with Gasteiger partial charge in [-0.05, 0) is 27.2 Å². The van der Waals surface area contributed by atoms with Gasteiger partial charge in [-0.3, -0.25) is 9.13 Å². The Morgan fingerprint density at radius 1 is 1.37 bits per heavy atom. The van der Waals surface area contributed by atoms with Crippen molar-refractivity contribution in [3.63, 3.8) is 0 Å². The zero-order chi connectivity index (χ0) is 19.6. The van der Waals surface area contributed by atoms with E-state index in [1.807, 2.05) is 4.57 Å². The number of nitrogen functional groups attached to an aromatic ring is 1. The molecule has 0 radical (unpaired) electrons. The molecule has 1 aliphatic rings. The Morgan fingerprint density at radius 3 is 2.74 bits per heavy atom. The molecule has 0 spiro atoms. The highest BCUT2D eigenvalue weighted by Crippen LogP contribution is 2.51. The number of hydrogen-bond acceptors (Lipinski definition) is 9. The summed E-state index contributed by atoms with van der Waals surface area (Å²) in [5.74, 6) is 0.0819. The average molecular weight is 436 g/mol. The van der Waals surface area contributed by atoms with Crippen molar-refractivity contribution in [3.05, 3.63) is 11.5 Å². The minimum Gasteiger partial charge on any atom is -0.368 e. The van der Waals surface area contributed by atoms with Gasteiger partial charge in [0.1, 0.15) is 17.2 Å². The first-order valence-corrected chi connectivity index (χ1v) is 11.8. The van der Waals surface area contributed by atoms with Crippen molar-refractivity contribution in [2.24, 2.45) is 0 Å². The predicted octanol–water partition coefficient (Wildman–Crippen LogP) is 3.69. The molecule has 1 aliphatic heterocycles. The molecule has 2 N–H and O–H groups in total. The maximum Gasteiger partial charge on any atom is 0.330 e. The van der Waals surface area contributed by atoms with Crippen molar-refractivity contribution in [1.82, 2.24) is 19.5 Å². The Balaban J connectivity index is 1.73. The Hall–Kier alpha value is -0.900. The quantitative estimate of drug-likeness (QED) is 0.489. The largest absolute Gasteiger partial charge is 0.368 e. The Kier molecular flexibility index (Phi) is 6.66. The van der Waals surface area contributed by atoms with E-state index >= 15 is 0 Å². The van der Waals surface area contributed by atoms with Crippen LogP contribution in [-0.2, 0) is 18.3 Å². The summed E-state index contributed by atoms with van der Waals surface area (Å²) < 4.78 is 31.3. The highest BCUT2D eigenvalue weighted by molar-refractivity contribution is 8.00. The monoisotopic (exact) mass is 435 g/mol. The third-order valence-electron chi connectivity index (χ3n) is 4.02. The van der Waals surface area contributed by atoms with E-state index in [1.165, 1.54) is 0 Å². The first kappa shape index (κ1) is 20.8. The normalized spacial score (nSPS) is 23.3. The third-order valence-corrected chi connectivity index (χ3v) is 7.70. The topological polar surface area (TPSA) is 114 Å². The molecule has 0 saturated carbocycles. The smallest absolute Gasteiger partial charge is 0.330 e. The van der Waals surface area contributed by atoms with Crippen molar-refractivity contribution in [1.29, 1.82) is 0 Å². The van der Waals surface area contributed by atoms with Gasteiger partial charge in [-0.25, -0.2) is 4.98 Å². The van der Waals surface area contributed by atoms with Crippen molar-refractivity contribution >= 4 is 48.1 Å². The van der Waals surface area contributed by atoms with Gasteiger partial charge in [-0.2, -0.15) is 9.97 Å². The lowest BCUT2D eigenvalue weighted by Gasteiger charge is -2.19. The van der Waals surface area contributed by atoms with Crippen LogP contribution >= 0.6 is 31.0 Å². The van der Waals surface area contributed by atoms with Gasteiger partial charge in [0.2, 0.25) is 5.95 Å². The van der Waals surface area contributed by atoms with E-state index in [4.69, 9.17) is 31.1 Å². The SMILES string of the molecule is CCOP(=O)(CC[C@H]1O[C@@H](n2cnc3c(Cl)nc(N)nc32)[C@@H](C)S1)OCC. The van der Waals surface area contributed by atoms with Crippen molar-refractivity contribution < 1.29 is 18.3 Å². The first-order valence-electron chi connectivity index (χ1n) is 8.71. The minimum absolute atomic E-state index is 0.0819. The molecule has 2 aromatic heterocycles. The summed E-state index contributed by atoms with van der Waals surface area (Å²) in [7, 11) is -3.09. The molecule has 0 amide bonds. The maximum absolute atomic E-state index is 12.6. The van der Waals surface area contributed by atoms with Gasteiger partial charge < -0.3 is 19.5 Å². The fourth-order valence-electron chi connectivity index (χ4n) is 2.94. The van der Waals surface area contributed by atoms with E-state index in [0.29, 0.717) is 37.0 Å². The van der Waals surface area contributed by atoms with E-state index in [1.54, 1.807) is 31.9 Å². The molecule has 3 rings (SSSR count). The van der Waals surface area contributed by atoms with Crippen LogP contribution in [0.5, 0.6) is 0 Å². The number of fused-ring (bicyclic) bond motifs is 1. The number of rotatable bonds is 8. The number of anilines is 1. The van der Waals surface area contributed by atoms with Crippen LogP contribution in [-0.4, -0.2) is 49.6 Å². The highest BCUT2D eigenvalue weighted by Gasteiger charge is 2.37. The van der Waals surface area contributed by atoms with Gasteiger partial charge >= 0.3 is 7.60 Å². The molecule has 0 bridgehead atoms. The van der Waals surface area contributed by atoms with Crippen LogP contribution in [0, 0.1) is 0 Å². The zero-order valence-electron chi connectivity index (χ0n) is 15.4. The van der Waals surface area contributed by atoms with Crippen molar-refractivity contribution in [2.45, 2.75) is 44.1 Å². The van der Waals surface area contributed by atoms with E-state index in [9.17, 15) is 4.57 Å². The maximum atomic E-state index is 12.6. The van der Waals surface area contributed by atoms with Crippen molar-refractivity contribution in [2.75, 3.05) is 25.1 Å². The molecular weight excluding hydrogens is 413 g/mol. The molecule has 2 aromatic rings. The fraction of sp³-hybridized carbons (Fsp3) is 0.667. The number of nitrogens with zero attached hydrogens (tertiary/aromatic N) is 4. The van der Waals surface area contributed by atoms with E-state index in [-0.39, 0.29) is 28.0 Å². The van der Waals surface area contributed by atoms with Gasteiger partial charge in [-0.1, -0.05) is 11.6 Å². The summed E-state index contributed by atoms with van der Waals surface area (Å²) in [6, 6.07) is 0. The summed E-state index contributed by atoms with van der Waals surface area (Å²) in [5.41, 5.74) is 6.57. The number of hydrogen-bond donors (Lipinski definition) is 1. The molecule has 1 fully saturated rings. The predicted molar refractivity (Wildman–Crippen MR) is 106 cm³/mol. The molecular formula is C15H23ClN5O4PS. The second-order valence-electron chi connectivity index (χ2n) is 5.95. The molecule has 27 heavy (non-hydrogen) atoms. The second-order valence-corrected chi connectivity index (χ2v) is 10.0. The number of nitrogens with two attached hydrogens (primary N) is 1. The van der Waals surface area contributed by atoms with E-state index in [0.717, 1.165) is 0 Å². The van der Waals surface area contributed by atoms with Crippen LogP contribution in [0.2, 0.25) is 5.15 Å². The molecule has 150 valence electrons. The van der Waals surface area contributed by atoms with Crippen molar-refractivity contribution in [3.8, 4) is 0 Å². The molecule has 0 unspecified atom stereocenters. The molecule has 9 nitrogen and oxygen atoms in total. The summed E-state index contributed by atoms with van der Waals surface area (Å²) in [6.45, 7) is 6.34. The van der Waals surface area contributed by atoms with E-state index in [2.05, 4.69) is 21.9 Å². The summed E-state index contributed by atoms with van der Waals surface area (Å²) in [6.07, 6.45) is 2.18.